The van der Waals surface area contributed by atoms with E-state index >= 15 is 0 Å². The van der Waals surface area contributed by atoms with E-state index in [1.807, 2.05) is 20.8 Å². The van der Waals surface area contributed by atoms with Crippen LogP contribution in [0.15, 0.2) is 0 Å². The van der Waals surface area contributed by atoms with Crippen molar-refractivity contribution in [3.63, 3.8) is 0 Å². The molecule has 0 bridgehead atoms. The Bertz CT molecular complexity index is 178. The number of hydrogen-bond acceptors (Lipinski definition) is 2. The zero-order valence-electron chi connectivity index (χ0n) is 10.7. The van der Waals surface area contributed by atoms with Crippen molar-refractivity contribution in [3.8, 4) is 0 Å². The van der Waals surface area contributed by atoms with Crippen LogP contribution in [0.3, 0.4) is 0 Å². The average molecular weight is 215 g/mol. The van der Waals surface area contributed by atoms with E-state index in [2.05, 4.69) is 19.2 Å². The molecule has 3 nitrogen and oxygen atoms in total. The van der Waals surface area contributed by atoms with Gasteiger partial charge in [-0.25, -0.2) is 0 Å². The van der Waals surface area contributed by atoms with Gasteiger partial charge in [-0.1, -0.05) is 27.7 Å². The summed E-state index contributed by atoms with van der Waals surface area (Å²) in [5.74, 6) is 0.636. The molecule has 1 amide bonds. The van der Waals surface area contributed by atoms with Crippen LogP contribution in [0.5, 0.6) is 0 Å². The van der Waals surface area contributed by atoms with E-state index in [-0.39, 0.29) is 17.9 Å². The summed E-state index contributed by atoms with van der Waals surface area (Å²) in [5, 5.41) is 3.06. The molecule has 90 valence electrons. The van der Waals surface area contributed by atoms with E-state index in [1.54, 1.807) is 0 Å². The van der Waals surface area contributed by atoms with Crippen molar-refractivity contribution in [2.24, 2.45) is 11.8 Å². The number of carbonyl (C=O) groups is 1. The van der Waals surface area contributed by atoms with E-state index in [1.165, 1.54) is 0 Å². The van der Waals surface area contributed by atoms with E-state index in [0.29, 0.717) is 5.92 Å². The molecule has 0 aromatic heterocycles. The first-order valence-electron chi connectivity index (χ1n) is 5.87. The van der Waals surface area contributed by atoms with Crippen LogP contribution in [0.4, 0.5) is 0 Å². The molecule has 0 aromatic rings. The highest BCUT2D eigenvalue weighted by Crippen LogP contribution is 2.07. The monoisotopic (exact) mass is 215 g/mol. The number of ether oxygens (including phenoxy) is 1. The van der Waals surface area contributed by atoms with Crippen molar-refractivity contribution in [1.82, 2.24) is 5.32 Å². The van der Waals surface area contributed by atoms with Gasteiger partial charge in [-0.3, -0.25) is 4.79 Å². The van der Waals surface area contributed by atoms with Gasteiger partial charge in [-0.15, -0.1) is 0 Å². The Morgan fingerprint density at radius 1 is 1.27 bits per heavy atom. The van der Waals surface area contributed by atoms with Gasteiger partial charge in [-0.05, 0) is 19.3 Å². The van der Waals surface area contributed by atoms with E-state index in [9.17, 15) is 4.79 Å². The summed E-state index contributed by atoms with van der Waals surface area (Å²) in [6.07, 6.45) is 0.893. The third-order valence-electron chi connectivity index (χ3n) is 2.43. The van der Waals surface area contributed by atoms with Crippen LogP contribution >= 0.6 is 0 Å². The van der Waals surface area contributed by atoms with E-state index in [0.717, 1.165) is 19.6 Å². The van der Waals surface area contributed by atoms with Gasteiger partial charge in [0.15, 0.2) is 0 Å². The molecule has 0 fully saturated rings. The van der Waals surface area contributed by atoms with Crippen LogP contribution < -0.4 is 5.32 Å². The summed E-state index contributed by atoms with van der Waals surface area (Å²) in [5.41, 5.74) is 0. The highest BCUT2D eigenvalue weighted by atomic mass is 16.5. The van der Waals surface area contributed by atoms with Crippen LogP contribution in [0.25, 0.3) is 0 Å². The van der Waals surface area contributed by atoms with Crippen molar-refractivity contribution in [1.29, 1.82) is 0 Å². The first-order valence-corrected chi connectivity index (χ1v) is 5.87. The Balaban J connectivity index is 3.99. The minimum atomic E-state index is 0.0540. The molecule has 0 saturated heterocycles. The standard InChI is InChI=1S/C12H25NO2/c1-6-15-8-7-11(9(2)3)13-12(14)10(4)5/h9-11H,6-8H2,1-5H3,(H,13,14). The highest BCUT2D eigenvalue weighted by molar-refractivity contribution is 5.78. The van der Waals surface area contributed by atoms with Gasteiger partial charge in [0.2, 0.25) is 5.91 Å². The van der Waals surface area contributed by atoms with Gasteiger partial charge in [0.25, 0.3) is 0 Å². The lowest BCUT2D eigenvalue weighted by Crippen LogP contribution is -2.41. The van der Waals surface area contributed by atoms with Crippen molar-refractivity contribution >= 4 is 5.91 Å². The van der Waals surface area contributed by atoms with Crippen molar-refractivity contribution in [2.75, 3.05) is 13.2 Å². The molecular formula is C12H25NO2. The maximum Gasteiger partial charge on any atom is 0.222 e. The molecule has 0 saturated carbocycles. The predicted molar refractivity (Wildman–Crippen MR) is 62.7 cm³/mol. The first-order chi connectivity index (χ1) is 6.99. The lowest BCUT2D eigenvalue weighted by molar-refractivity contribution is -0.125. The minimum absolute atomic E-state index is 0.0540. The average Bonchev–Trinajstić information content (AvgIpc) is 2.15. The molecule has 0 heterocycles. The predicted octanol–water partition coefficient (Wildman–Crippen LogP) is 2.21. The topological polar surface area (TPSA) is 38.3 Å². The smallest absolute Gasteiger partial charge is 0.222 e. The molecule has 0 aliphatic rings. The Kier molecular flexibility index (Phi) is 7.39. The van der Waals surface area contributed by atoms with Crippen LogP contribution in [-0.2, 0) is 9.53 Å². The zero-order valence-corrected chi connectivity index (χ0v) is 10.7. The third-order valence-corrected chi connectivity index (χ3v) is 2.43. The van der Waals surface area contributed by atoms with Crippen LogP contribution in [0.1, 0.15) is 41.0 Å². The molecular weight excluding hydrogens is 190 g/mol. The van der Waals surface area contributed by atoms with Crippen molar-refractivity contribution in [2.45, 2.75) is 47.1 Å². The molecule has 0 aliphatic carbocycles. The zero-order chi connectivity index (χ0) is 11.8. The summed E-state index contributed by atoms with van der Waals surface area (Å²) in [6.45, 7) is 11.5. The van der Waals surface area contributed by atoms with Crippen LogP contribution in [0, 0.1) is 11.8 Å². The molecule has 0 radical (unpaired) electrons. The van der Waals surface area contributed by atoms with E-state index < -0.39 is 0 Å². The van der Waals surface area contributed by atoms with E-state index in [4.69, 9.17) is 4.74 Å². The lowest BCUT2D eigenvalue weighted by atomic mass is 10.0. The van der Waals surface area contributed by atoms with Crippen molar-refractivity contribution < 1.29 is 9.53 Å². The summed E-state index contributed by atoms with van der Waals surface area (Å²) in [4.78, 5) is 11.5. The fourth-order valence-corrected chi connectivity index (χ4v) is 1.28. The highest BCUT2D eigenvalue weighted by Gasteiger charge is 2.17. The molecule has 1 N–H and O–H groups in total. The van der Waals surface area contributed by atoms with Gasteiger partial charge in [-0.2, -0.15) is 0 Å². The van der Waals surface area contributed by atoms with Crippen LogP contribution in [-0.4, -0.2) is 25.2 Å². The quantitative estimate of drug-likeness (QED) is 0.661. The van der Waals surface area contributed by atoms with Gasteiger partial charge < -0.3 is 10.1 Å². The fraction of sp³-hybridized carbons (Fsp3) is 0.917. The molecule has 0 aromatic carbocycles. The Morgan fingerprint density at radius 2 is 1.87 bits per heavy atom. The molecule has 3 heteroatoms. The van der Waals surface area contributed by atoms with Gasteiger partial charge in [0.05, 0.1) is 0 Å². The second kappa shape index (κ2) is 7.69. The number of carbonyl (C=O) groups excluding carboxylic acids is 1. The Labute approximate surface area is 93.6 Å². The lowest BCUT2D eigenvalue weighted by Gasteiger charge is -2.23. The number of hydrogen-bond donors (Lipinski definition) is 1. The van der Waals surface area contributed by atoms with Gasteiger partial charge >= 0.3 is 0 Å². The summed E-state index contributed by atoms with van der Waals surface area (Å²) in [6, 6.07) is 0.228. The Hall–Kier alpha value is -0.570. The third kappa shape index (κ3) is 6.50. The number of rotatable bonds is 7. The molecule has 1 atom stereocenters. The SMILES string of the molecule is CCOCCC(NC(=O)C(C)C)C(C)C. The molecule has 0 spiro atoms. The number of amides is 1. The maximum absolute atomic E-state index is 11.5. The number of nitrogens with one attached hydrogen (secondary N) is 1. The fourth-order valence-electron chi connectivity index (χ4n) is 1.28. The second-order valence-corrected chi connectivity index (χ2v) is 4.50. The largest absolute Gasteiger partial charge is 0.382 e. The summed E-state index contributed by atoms with van der Waals surface area (Å²) >= 11 is 0. The summed E-state index contributed by atoms with van der Waals surface area (Å²) < 4.78 is 5.30. The second-order valence-electron chi connectivity index (χ2n) is 4.50. The summed E-state index contributed by atoms with van der Waals surface area (Å²) in [7, 11) is 0. The Morgan fingerprint density at radius 3 is 2.27 bits per heavy atom. The first kappa shape index (κ1) is 14.4. The molecule has 0 rings (SSSR count). The normalized spacial score (nSPS) is 13.3. The van der Waals surface area contributed by atoms with Crippen LogP contribution in [0.2, 0.25) is 0 Å². The molecule has 15 heavy (non-hydrogen) atoms. The van der Waals surface area contributed by atoms with Gasteiger partial charge in [0.1, 0.15) is 0 Å². The maximum atomic E-state index is 11.5. The van der Waals surface area contributed by atoms with Gasteiger partial charge in [0, 0.05) is 25.2 Å². The minimum Gasteiger partial charge on any atom is -0.382 e. The molecule has 0 aliphatic heterocycles. The van der Waals surface area contributed by atoms with Crippen molar-refractivity contribution in [3.05, 3.63) is 0 Å². The molecule has 1 unspecified atom stereocenters.